The molecule has 8 heteroatoms. The predicted octanol–water partition coefficient (Wildman–Crippen LogP) is 1.38. The minimum absolute atomic E-state index is 0.0738. The molecule has 1 N–H and O–H groups in total. The van der Waals surface area contributed by atoms with E-state index in [-0.39, 0.29) is 18.6 Å². The standard InChI is InChI=1S/C19H28FN5O2/c20-16-7-21-19(22-8-16)23-9-17-12-25(18(26)13-27-17)11-15-3-5-24(6-4-15)10-14-1-2-14/h7-8,14-15,17H,1-6,9-13H2,(H,21,22,23)/t17-/m1/s1. The van der Waals surface area contributed by atoms with Gasteiger partial charge in [-0.3, -0.25) is 4.79 Å². The van der Waals surface area contributed by atoms with Crippen molar-refractivity contribution >= 4 is 11.9 Å². The molecule has 2 saturated heterocycles. The van der Waals surface area contributed by atoms with Crippen molar-refractivity contribution in [2.45, 2.75) is 31.8 Å². The van der Waals surface area contributed by atoms with Gasteiger partial charge in [-0.1, -0.05) is 0 Å². The lowest BCUT2D eigenvalue weighted by molar-refractivity contribution is -0.149. The molecule has 3 fully saturated rings. The number of hydrogen-bond donors (Lipinski definition) is 1. The van der Waals surface area contributed by atoms with Gasteiger partial charge in [-0.25, -0.2) is 14.4 Å². The van der Waals surface area contributed by atoms with Gasteiger partial charge in [0.25, 0.3) is 0 Å². The number of amides is 1. The van der Waals surface area contributed by atoms with E-state index < -0.39 is 5.82 Å². The lowest BCUT2D eigenvalue weighted by Gasteiger charge is -2.38. The molecule has 1 amide bonds. The number of anilines is 1. The predicted molar refractivity (Wildman–Crippen MR) is 98.7 cm³/mol. The van der Waals surface area contributed by atoms with Gasteiger partial charge < -0.3 is 19.9 Å². The third kappa shape index (κ3) is 5.35. The summed E-state index contributed by atoms with van der Waals surface area (Å²) in [5, 5.41) is 3.05. The molecule has 3 aliphatic rings. The van der Waals surface area contributed by atoms with Gasteiger partial charge in [0.1, 0.15) is 6.61 Å². The van der Waals surface area contributed by atoms with Crippen molar-refractivity contribution < 1.29 is 13.9 Å². The molecule has 7 nitrogen and oxygen atoms in total. The summed E-state index contributed by atoms with van der Waals surface area (Å²) in [6, 6.07) is 0. The van der Waals surface area contributed by atoms with Crippen LogP contribution >= 0.6 is 0 Å². The average molecular weight is 377 g/mol. The summed E-state index contributed by atoms with van der Waals surface area (Å²) in [5.74, 6) is 1.50. The van der Waals surface area contributed by atoms with Crippen molar-refractivity contribution in [1.29, 1.82) is 0 Å². The van der Waals surface area contributed by atoms with Crippen LogP contribution in [0.1, 0.15) is 25.7 Å². The molecule has 3 heterocycles. The van der Waals surface area contributed by atoms with Gasteiger partial charge in [0.05, 0.1) is 18.5 Å². The van der Waals surface area contributed by atoms with E-state index in [1.54, 1.807) is 0 Å². The van der Waals surface area contributed by atoms with Gasteiger partial charge in [0.2, 0.25) is 11.9 Å². The average Bonchev–Trinajstić information content (AvgIpc) is 3.49. The molecule has 0 aromatic carbocycles. The Hall–Kier alpha value is -1.80. The Morgan fingerprint density at radius 3 is 2.52 bits per heavy atom. The van der Waals surface area contributed by atoms with Crippen molar-refractivity contribution in [2.75, 3.05) is 51.2 Å². The van der Waals surface area contributed by atoms with Crippen LogP contribution in [0.4, 0.5) is 10.3 Å². The molecular formula is C19H28FN5O2. The summed E-state index contributed by atoms with van der Waals surface area (Å²) in [6.45, 7) is 5.60. The highest BCUT2D eigenvalue weighted by molar-refractivity contribution is 5.78. The minimum atomic E-state index is -0.464. The number of aromatic nitrogens is 2. The van der Waals surface area contributed by atoms with Crippen LogP contribution in [0.15, 0.2) is 12.4 Å². The van der Waals surface area contributed by atoms with Crippen LogP contribution < -0.4 is 5.32 Å². The highest BCUT2D eigenvalue weighted by Crippen LogP contribution is 2.31. The number of nitrogens with one attached hydrogen (secondary N) is 1. The molecule has 27 heavy (non-hydrogen) atoms. The first-order valence-electron chi connectivity index (χ1n) is 9.99. The smallest absolute Gasteiger partial charge is 0.248 e. The van der Waals surface area contributed by atoms with Crippen molar-refractivity contribution in [1.82, 2.24) is 19.8 Å². The quantitative estimate of drug-likeness (QED) is 0.774. The molecule has 1 aromatic heterocycles. The third-order valence-corrected chi connectivity index (χ3v) is 5.73. The number of rotatable bonds is 7. The highest BCUT2D eigenvalue weighted by Gasteiger charge is 2.31. The highest BCUT2D eigenvalue weighted by atomic mass is 19.1. The van der Waals surface area contributed by atoms with Crippen molar-refractivity contribution in [2.24, 2.45) is 11.8 Å². The van der Waals surface area contributed by atoms with E-state index >= 15 is 0 Å². The van der Waals surface area contributed by atoms with Gasteiger partial charge >= 0.3 is 0 Å². The van der Waals surface area contributed by atoms with E-state index in [4.69, 9.17) is 4.74 Å². The molecule has 0 unspecified atom stereocenters. The Labute approximate surface area is 159 Å². The molecule has 148 valence electrons. The van der Waals surface area contributed by atoms with Crippen LogP contribution in [0.3, 0.4) is 0 Å². The van der Waals surface area contributed by atoms with Crippen LogP contribution in [-0.2, 0) is 9.53 Å². The second kappa shape index (κ2) is 8.48. The van der Waals surface area contributed by atoms with E-state index in [1.165, 1.54) is 32.2 Å². The fourth-order valence-corrected chi connectivity index (χ4v) is 3.92. The van der Waals surface area contributed by atoms with Gasteiger partial charge in [-0.15, -0.1) is 0 Å². The monoisotopic (exact) mass is 377 g/mol. The zero-order valence-corrected chi connectivity index (χ0v) is 15.6. The molecule has 2 aliphatic heterocycles. The maximum atomic E-state index is 12.9. The minimum Gasteiger partial charge on any atom is -0.365 e. The molecule has 1 atom stereocenters. The molecule has 4 rings (SSSR count). The molecular weight excluding hydrogens is 349 g/mol. The van der Waals surface area contributed by atoms with E-state index in [0.29, 0.717) is 25.0 Å². The Balaban J connectivity index is 1.21. The second-order valence-electron chi connectivity index (χ2n) is 8.02. The number of piperidine rings is 1. The maximum Gasteiger partial charge on any atom is 0.248 e. The molecule has 0 radical (unpaired) electrons. The zero-order chi connectivity index (χ0) is 18.6. The molecule has 0 bridgehead atoms. The van der Waals surface area contributed by atoms with Crippen LogP contribution in [0.2, 0.25) is 0 Å². The van der Waals surface area contributed by atoms with E-state index in [0.717, 1.165) is 37.9 Å². The Bertz CT molecular complexity index is 631. The zero-order valence-electron chi connectivity index (χ0n) is 15.6. The van der Waals surface area contributed by atoms with E-state index in [9.17, 15) is 9.18 Å². The summed E-state index contributed by atoms with van der Waals surface area (Å²) in [5.41, 5.74) is 0. The van der Waals surface area contributed by atoms with Gasteiger partial charge in [-0.2, -0.15) is 0 Å². The number of likely N-dealkylation sites (tertiary alicyclic amines) is 1. The first-order valence-corrected chi connectivity index (χ1v) is 9.99. The number of morpholine rings is 1. The van der Waals surface area contributed by atoms with Crippen molar-refractivity contribution in [3.8, 4) is 0 Å². The Morgan fingerprint density at radius 1 is 1.11 bits per heavy atom. The van der Waals surface area contributed by atoms with Gasteiger partial charge in [-0.05, 0) is 50.6 Å². The Morgan fingerprint density at radius 2 is 1.81 bits per heavy atom. The summed E-state index contributed by atoms with van der Waals surface area (Å²) >= 11 is 0. The number of ether oxygens (including phenoxy) is 1. The molecule has 1 aliphatic carbocycles. The van der Waals surface area contributed by atoms with Crippen LogP contribution in [-0.4, -0.2) is 77.7 Å². The largest absolute Gasteiger partial charge is 0.365 e. The van der Waals surface area contributed by atoms with Crippen molar-refractivity contribution in [3.05, 3.63) is 18.2 Å². The number of carbonyl (C=O) groups is 1. The normalized spacial score (nSPS) is 25.0. The number of hydrogen-bond acceptors (Lipinski definition) is 6. The SMILES string of the molecule is O=C1CO[C@H](CNc2ncc(F)cn2)CN1CC1CCN(CC2CC2)CC1. The maximum absolute atomic E-state index is 12.9. The summed E-state index contributed by atoms with van der Waals surface area (Å²) in [6.07, 6.45) is 7.30. The fraction of sp³-hybridized carbons (Fsp3) is 0.737. The van der Waals surface area contributed by atoms with E-state index in [2.05, 4.69) is 20.2 Å². The lowest BCUT2D eigenvalue weighted by atomic mass is 9.95. The first-order chi connectivity index (χ1) is 13.2. The second-order valence-corrected chi connectivity index (χ2v) is 8.02. The van der Waals surface area contributed by atoms with Crippen LogP contribution in [0.25, 0.3) is 0 Å². The van der Waals surface area contributed by atoms with Crippen LogP contribution in [0.5, 0.6) is 0 Å². The summed E-state index contributed by atoms with van der Waals surface area (Å²) in [4.78, 5) is 24.6. The Kier molecular flexibility index (Phi) is 5.83. The number of nitrogens with zero attached hydrogens (tertiary/aromatic N) is 4. The van der Waals surface area contributed by atoms with Gasteiger partial charge in [0, 0.05) is 26.2 Å². The van der Waals surface area contributed by atoms with Gasteiger partial charge in [0.15, 0.2) is 5.82 Å². The van der Waals surface area contributed by atoms with Crippen molar-refractivity contribution in [3.63, 3.8) is 0 Å². The molecule has 1 aromatic rings. The number of carbonyl (C=O) groups excluding carboxylic acids is 1. The van der Waals surface area contributed by atoms with Crippen LogP contribution in [0, 0.1) is 17.7 Å². The van der Waals surface area contributed by atoms with E-state index in [1.807, 2.05) is 4.90 Å². The topological polar surface area (TPSA) is 70.6 Å². The third-order valence-electron chi connectivity index (χ3n) is 5.73. The molecule has 0 spiro atoms. The fourth-order valence-electron chi connectivity index (χ4n) is 3.92. The molecule has 1 saturated carbocycles. The lowest BCUT2D eigenvalue weighted by Crippen LogP contribution is -2.51. The number of halogens is 1. The first kappa shape index (κ1) is 18.6. The summed E-state index contributed by atoms with van der Waals surface area (Å²) < 4.78 is 18.5. The summed E-state index contributed by atoms with van der Waals surface area (Å²) in [7, 11) is 0.